The second-order valence-corrected chi connectivity index (χ2v) is 4.27. The highest BCUT2D eigenvalue weighted by Gasteiger charge is 2.19. The molecule has 1 nitrogen and oxygen atoms in total. The first-order valence-corrected chi connectivity index (χ1v) is 5.09. The fourth-order valence-corrected chi connectivity index (χ4v) is 2.24. The van der Waals surface area contributed by atoms with Gasteiger partial charge in [0.15, 0.2) is 0 Å². The minimum Gasteiger partial charge on any atom is -0.307 e. The molecule has 0 fully saturated rings. The largest absolute Gasteiger partial charge is 0.307 e. The SMILES string of the molecule is CC1Cc2ccc(Cl)cc2C(C)N1. The summed E-state index contributed by atoms with van der Waals surface area (Å²) >= 11 is 5.95. The summed E-state index contributed by atoms with van der Waals surface area (Å²) in [7, 11) is 0. The second kappa shape index (κ2) is 3.32. The highest BCUT2D eigenvalue weighted by molar-refractivity contribution is 6.30. The number of halogens is 1. The van der Waals surface area contributed by atoms with E-state index in [4.69, 9.17) is 11.6 Å². The van der Waals surface area contributed by atoms with Crippen molar-refractivity contribution >= 4 is 11.6 Å². The molecule has 1 aromatic rings. The number of fused-ring (bicyclic) bond motifs is 1. The van der Waals surface area contributed by atoms with Crippen LogP contribution < -0.4 is 5.32 Å². The van der Waals surface area contributed by atoms with Crippen molar-refractivity contribution in [2.24, 2.45) is 0 Å². The van der Waals surface area contributed by atoms with E-state index in [2.05, 4.69) is 31.3 Å². The lowest BCUT2D eigenvalue weighted by atomic mass is 9.92. The van der Waals surface area contributed by atoms with E-state index in [1.165, 1.54) is 11.1 Å². The van der Waals surface area contributed by atoms with E-state index >= 15 is 0 Å². The average Bonchev–Trinajstić information content (AvgIpc) is 2.06. The van der Waals surface area contributed by atoms with Crippen molar-refractivity contribution in [3.63, 3.8) is 0 Å². The first kappa shape index (κ1) is 9.04. The molecule has 2 atom stereocenters. The van der Waals surface area contributed by atoms with E-state index in [-0.39, 0.29) is 0 Å². The van der Waals surface area contributed by atoms with Crippen molar-refractivity contribution in [3.05, 3.63) is 34.3 Å². The number of hydrogen-bond donors (Lipinski definition) is 1. The van der Waals surface area contributed by atoms with Gasteiger partial charge < -0.3 is 5.32 Å². The molecule has 0 spiro atoms. The molecule has 0 aliphatic carbocycles. The van der Waals surface area contributed by atoms with Gasteiger partial charge in [-0.05, 0) is 43.5 Å². The molecule has 0 saturated heterocycles. The van der Waals surface area contributed by atoms with E-state index in [0.29, 0.717) is 12.1 Å². The van der Waals surface area contributed by atoms with Crippen LogP contribution in [0.3, 0.4) is 0 Å². The van der Waals surface area contributed by atoms with Crippen LogP contribution in [0.5, 0.6) is 0 Å². The van der Waals surface area contributed by atoms with Crippen LogP contribution in [0.1, 0.15) is 31.0 Å². The highest BCUT2D eigenvalue weighted by atomic mass is 35.5. The number of nitrogens with one attached hydrogen (secondary N) is 1. The van der Waals surface area contributed by atoms with E-state index in [9.17, 15) is 0 Å². The fraction of sp³-hybridized carbons (Fsp3) is 0.455. The van der Waals surface area contributed by atoms with Crippen LogP contribution in [0.25, 0.3) is 0 Å². The minimum absolute atomic E-state index is 0.428. The first-order valence-electron chi connectivity index (χ1n) is 4.71. The molecular formula is C11H14ClN. The van der Waals surface area contributed by atoms with Gasteiger partial charge in [0.25, 0.3) is 0 Å². The van der Waals surface area contributed by atoms with Crippen molar-refractivity contribution in [2.45, 2.75) is 32.4 Å². The zero-order chi connectivity index (χ0) is 9.42. The summed E-state index contributed by atoms with van der Waals surface area (Å²) in [5.74, 6) is 0. The van der Waals surface area contributed by atoms with Gasteiger partial charge in [-0.2, -0.15) is 0 Å². The van der Waals surface area contributed by atoms with Crippen LogP contribution in [0, 0.1) is 0 Å². The predicted octanol–water partition coefficient (Wildman–Crippen LogP) is 2.94. The summed E-state index contributed by atoms with van der Waals surface area (Å²) < 4.78 is 0. The smallest absolute Gasteiger partial charge is 0.0409 e. The monoisotopic (exact) mass is 195 g/mol. The summed E-state index contributed by atoms with van der Waals surface area (Å²) in [5.41, 5.74) is 2.79. The van der Waals surface area contributed by atoms with Crippen molar-refractivity contribution in [3.8, 4) is 0 Å². The Hall–Kier alpha value is -0.530. The number of benzene rings is 1. The fourth-order valence-electron chi connectivity index (χ4n) is 2.06. The van der Waals surface area contributed by atoms with Gasteiger partial charge in [-0.1, -0.05) is 17.7 Å². The number of rotatable bonds is 0. The third kappa shape index (κ3) is 1.72. The highest BCUT2D eigenvalue weighted by Crippen LogP contribution is 2.27. The van der Waals surface area contributed by atoms with Gasteiger partial charge in [0.2, 0.25) is 0 Å². The van der Waals surface area contributed by atoms with Gasteiger partial charge in [-0.15, -0.1) is 0 Å². The third-order valence-corrected chi connectivity index (χ3v) is 2.87. The molecule has 13 heavy (non-hydrogen) atoms. The third-order valence-electron chi connectivity index (χ3n) is 2.64. The van der Waals surface area contributed by atoms with Gasteiger partial charge in [0, 0.05) is 17.1 Å². The van der Waals surface area contributed by atoms with E-state index in [1.54, 1.807) is 0 Å². The normalized spacial score (nSPS) is 27.0. The summed E-state index contributed by atoms with van der Waals surface area (Å²) in [5, 5.41) is 4.34. The molecule has 0 amide bonds. The maximum Gasteiger partial charge on any atom is 0.0409 e. The molecule has 0 radical (unpaired) electrons. The Balaban J connectivity index is 2.43. The topological polar surface area (TPSA) is 12.0 Å². The van der Waals surface area contributed by atoms with Gasteiger partial charge >= 0.3 is 0 Å². The van der Waals surface area contributed by atoms with Crippen LogP contribution >= 0.6 is 11.6 Å². The maximum absolute atomic E-state index is 5.95. The van der Waals surface area contributed by atoms with Crippen LogP contribution in [0.4, 0.5) is 0 Å². The molecule has 1 aliphatic rings. The molecule has 1 aliphatic heterocycles. The molecule has 0 bridgehead atoms. The molecule has 1 aromatic carbocycles. The first-order chi connectivity index (χ1) is 6.16. The van der Waals surface area contributed by atoms with Crippen LogP contribution in [0.15, 0.2) is 18.2 Å². The second-order valence-electron chi connectivity index (χ2n) is 3.84. The Kier molecular flexibility index (Phi) is 2.31. The molecule has 2 unspecified atom stereocenters. The lowest BCUT2D eigenvalue weighted by Crippen LogP contribution is -2.35. The van der Waals surface area contributed by atoms with Gasteiger partial charge in [-0.25, -0.2) is 0 Å². The Morgan fingerprint density at radius 3 is 2.92 bits per heavy atom. The molecule has 1 N–H and O–H groups in total. The van der Waals surface area contributed by atoms with Crippen molar-refractivity contribution < 1.29 is 0 Å². The van der Waals surface area contributed by atoms with E-state index < -0.39 is 0 Å². The zero-order valence-electron chi connectivity index (χ0n) is 7.97. The lowest BCUT2D eigenvalue weighted by molar-refractivity contribution is 0.446. The molecule has 1 heterocycles. The standard InChI is InChI=1S/C11H14ClN/c1-7-5-9-3-4-10(12)6-11(9)8(2)13-7/h3-4,6-8,13H,5H2,1-2H3. The maximum atomic E-state index is 5.95. The van der Waals surface area contributed by atoms with Crippen molar-refractivity contribution in [1.29, 1.82) is 0 Å². The molecular weight excluding hydrogens is 182 g/mol. The van der Waals surface area contributed by atoms with Crippen LogP contribution in [-0.4, -0.2) is 6.04 Å². The lowest BCUT2D eigenvalue weighted by Gasteiger charge is -2.29. The number of hydrogen-bond acceptors (Lipinski definition) is 1. The van der Waals surface area contributed by atoms with Crippen molar-refractivity contribution in [1.82, 2.24) is 5.32 Å². The molecule has 0 aromatic heterocycles. The van der Waals surface area contributed by atoms with Gasteiger partial charge in [0.05, 0.1) is 0 Å². The quantitative estimate of drug-likeness (QED) is 0.671. The predicted molar refractivity (Wildman–Crippen MR) is 56.2 cm³/mol. The summed E-state index contributed by atoms with van der Waals surface area (Å²) in [4.78, 5) is 0. The minimum atomic E-state index is 0.428. The Bertz CT molecular complexity index is 322. The average molecular weight is 196 g/mol. The Morgan fingerprint density at radius 2 is 2.15 bits per heavy atom. The van der Waals surface area contributed by atoms with Crippen molar-refractivity contribution in [2.75, 3.05) is 0 Å². The van der Waals surface area contributed by atoms with E-state index in [1.807, 2.05) is 6.07 Å². The summed E-state index contributed by atoms with van der Waals surface area (Å²) in [6.07, 6.45) is 1.11. The van der Waals surface area contributed by atoms with Gasteiger partial charge in [-0.3, -0.25) is 0 Å². The van der Waals surface area contributed by atoms with E-state index in [0.717, 1.165) is 11.4 Å². The Labute approximate surface area is 84.1 Å². The zero-order valence-corrected chi connectivity index (χ0v) is 8.73. The molecule has 0 saturated carbocycles. The summed E-state index contributed by atoms with van der Waals surface area (Å²) in [6, 6.07) is 7.19. The van der Waals surface area contributed by atoms with Gasteiger partial charge in [0.1, 0.15) is 0 Å². The molecule has 2 rings (SSSR count). The van der Waals surface area contributed by atoms with Crippen LogP contribution in [0.2, 0.25) is 5.02 Å². The molecule has 2 heteroatoms. The van der Waals surface area contributed by atoms with Crippen LogP contribution in [-0.2, 0) is 6.42 Å². The Morgan fingerprint density at radius 1 is 1.38 bits per heavy atom. The summed E-state index contributed by atoms with van der Waals surface area (Å²) in [6.45, 7) is 4.40. The molecule has 70 valence electrons.